The monoisotopic (exact) mass is 477 g/mol. The number of aryl methyl sites for hydroxylation is 1. The standard InChI is InChI=1S/C27H28ClN3O3/c1-18-8-7-11-23(19(18)2)29-25(32)17-31(3)27(34)24(16-20-9-5-4-6-10-20)30-26(33)21-12-14-22(28)15-13-21/h4-15,24H,16-17H2,1-3H3,(H,29,32)(H,30,33). The summed E-state index contributed by atoms with van der Waals surface area (Å²) in [5.74, 6) is -1.06. The van der Waals surface area contributed by atoms with Crippen molar-refractivity contribution in [1.82, 2.24) is 10.2 Å². The number of halogens is 1. The van der Waals surface area contributed by atoms with Gasteiger partial charge in [0.25, 0.3) is 5.91 Å². The van der Waals surface area contributed by atoms with Gasteiger partial charge < -0.3 is 15.5 Å². The van der Waals surface area contributed by atoms with Gasteiger partial charge in [-0.05, 0) is 60.9 Å². The van der Waals surface area contributed by atoms with Gasteiger partial charge in [0.2, 0.25) is 11.8 Å². The molecule has 0 saturated heterocycles. The molecule has 34 heavy (non-hydrogen) atoms. The Bertz CT molecular complexity index is 1160. The molecule has 1 atom stereocenters. The molecule has 0 aliphatic carbocycles. The molecule has 3 rings (SSSR count). The van der Waals surface area contributed by atoms with E-state index < -0.39 is 6.04 Å². The molecule has 0 saturated carbocycles. The molecule has 7 heteroatoms. The second-order valence-electron chi connectivity index (χ2n) is 8.21. The summed E-state index contributed by atoms with van der Waals surface area (Å²) in [4.78, 5) is 40.1. The SMILES string of the molecule is Cc1cccc(NC(=O)CN(C)C(=O)C(Cc2ccccc2)NC(=O)c2ccc(Cl)cc2)c1C. The Morgan fingerprint density at radius 3 is 2.26 bits per heavy atom. The zero-order valence-corrected chi connectivity index (χ0v) is 20.2. The number of amides is 3. The molecule has 3 aromatic carbocycles. The highest BCUT2D eigenvalue weighted by Crippen LogP contribution is 2.18. The topological polar surface area (TPSA) is 78.5 Å². The highest BCUT2D eigenvalue weighted by Gasteiger charge is 2.26. The molecule has 0 radical (unpaired) electrons. The smallest absolute Gasteiger partial charge is 0.251 e. The third-order valence-electron chi connectivity index (χ3n) is 5.63. The van der Waals surface area contributed by atoms with E-state index in [0.717, 1.165) is 16.7 Å². The lowest BCUT2D eigenvalue weighted by Crippen LogP contribution is -2.50. The second kappa shape index (κ2) is 11.5. The van der Waals surface area contributed by atoms with Crippen LogP contribution in [0.2, 0.25) is 5.02 Å². The maximum atomic E-state index is 13.3. The maximum absolute atomic E-state index is 13.3. The van der Waals surface area contributed by atoms with Gasteiger partial charge in [-0.1, -0.05) is 54.1 Å². The third kappa shape index (κ3) is 6.68. The lowest BCUT2D eigenvalue weighted by molar-refractivity contribution is -0.135. The van der Waals surface area contributed by atoms with Crippen molar-refractivity contribution in [2.24, 2.45) is 0 Å². The maximum Gasteiger partial charge on any atom is 0.251 e. The first kappa shape index (κ1) is 25.0. The fourth-order valence-corrected chi connectivity index (χ4v) is 3.65. The second-order valence-corrected chi connectivity index (χ2v) is 8.65. The quantitative estimate of drug-likeness (QED) is 0.505. The molecule has 0 spiro atoms. The Balaban J connectivity index is 1.72. The zero-order chi connectivity index (χ0) is 24.7. The summed E-state index contributed by atoms with van der Waals surface area (Å²) in [5.41, 5.74) is 4.04. The van der Waals surface area contributed by atoms with Gasteiger partial charge in [-0.15, -0.1) is 0 Å². The number of rotatable bonds is 8. The van der Waals surface area contributed by atoms with Crippen LogP contribution in [0.15, 0.2) is 72.8 Å². The van der Waals surface area contributed by atoms with E-state index in [1.807, 2.05) is 62.4 Å². The van der Waals surface area contributed by atoms with Gasteiger partial charge >= 0.3 is 0 Å². The van der Waals surface area contributed by atoms with Crippen LogP contribution in [0.3, 0.4) is 0 Å². The van der Waals surface area contributed by atoms with Crippen molar-refractivity contribution in [2.75, 3.05) is 18.9 Å². The van der Waals surface area contributed by atoms with Crippen molar-refractivity contribution in [3.8, 4) is 0 Å². The predicted octanol–water partition coefficient (Wildman–Crippen LogP) is 4.40. The van der Waals surface area contributed by atoms with Gasteiger partial charge in [-0.3, -0.25) is 14.4 Å². The van der Waals surface area contributed by atoms with Crippen molar-refractivity contribution in [1.29, 1.82) is 0 Å². The minimum Gasteiger partial charge on any atom is -0.340 e. The van der Waals surface area contributed by atoms with Crippen molar-refractivity contribution in [3.05, 3.63) is 100 Å². The summed E-state index contributed by atoms with van der Waals surface area (Å²) in [7, 11) is 1.55. The Kier molecular flexibility index (Phi) is 8.44. The van der Waals surface area contributed by atoms with Gasteiger partial charge in [0, 0.05) is 29.7 Å². The predicted molar refractivity (Wildman–Crippen MR) is 135 cm³/mol. The average molecular weight is 478 g/mol. The Morgan fingerprint density at radius 2 is 1.59 bits per heavy atom. The van der Waals surface area contributed by atoms with E-state index >= 15 is 0 Å². The highest BCUT2D eigenvalue weighted by atomic mass is 35.5. The van der Waals surface area contributed by atoms with E-state index in [-0.39, 0.29) is 24.3 Å². The lowest BCUT2D eigenvalue weighted by Gasteiger charge is -2.25. The number of likely N-dealkylation sites (N-methyl/N-ethyl adjacent to an activating group) is 1. The summed E-state index contributed by atoms with van der Waals surface area (Å²) < 4.78 is 0. The van der Waals surface area contributed by atoms with Gasteiger partial charge in [0.1, 0.15) is 6.04 Å². The lowest BCUT2D eigenvalue weighted by atomic mass is 10.0. The normalized spacial score (nSPS) is 11.4. The van der Waals surface area contributed by atoms with Crippen LogP contribution in [0.25, 0.3) is 0 Å². The van der Waals surface area contributed by atoms with E-state index in [0.29, 0.717) is 22.7 Å². The fourth-order valence-electron chi connectivity index (χ4n) is 3.53. The molecule has 0 aromatic heterocycles. The van der Waals surface area contributed by atoms with Crippen molar-refractivity contribution < 1.29 is 14.4 Å². The number of nitrogens with one attached hydrogen (secondary N) is 2. The van der Waals surface area contributed by atoms with Crippen LogP contribution in [-0.4, -0.2) is 42.3 Å². The van der Waals surface area contributed by atoms with Gasteiger partial charge in [0.15, 0.2) is 0 Å². The van der Waals surface area contributed by atoms with Crippen LogP contribution in [0.1, 0.15) is 27.0 Å². The summed E-state index contributed by atoms with van der Waals surface area (Å²) >= 11 is 5.92. The summed E-state index contributed by atoms with van der Waals surface area (Å²) in [6, 6.07) is 20.7. The van der Waals surface area contributed by atoms with Crippen LogP contribution < -0.4 is 10.6 Å². The first-order chi connectivity index (χ1) is 16.2. The molecule has 176 valence electrons. The fraction of sp³-hybridized carbons (Fsp3) is 0.222. The number of hydrogen-bond donors (Lipinski definition) is 2. The van der Waals surface area contributed by atoms with Gasteiger partial charge in [0.05, 0.1) is 6.54 Å². The number of benzene rings is 3. The first-order valence-electron chi connectivity index (χ1n) is 11.0. The number of nitrogens with zero attached hydrogens (tertiary/aromatic N) is 1. The zero-order valence-electron chi connectivity index (χ0n) is 19.5. The summed E-state index contributed by atoms with van der Waals surface area (Å²) in [6.45, 7) is 3.76. The molecule has 2 N–H and O–H groups in total. The molecule has 0 heterocycles. The Hall–Kier alpha value is -3.64. The molecule has 3 aromatic rings. The highest BCUT2D eigenvalue weighted by molar-refractivity contribution is 6.30. The van der Waals surface area contributed by atoms with Crippen molar-refractivity contribution >= 4 is 35.0 Å². The first-order valence-corrected chi connectivity index (χ1v) is 11.3. The van der Waals surface area contributed by atoms with Crippen LogP contribution in [0.5, 0.6) is 0 Å². The summed E-state index contributed by atoms with van der Waals surface area (Å²) in [6.07, 6.45) is 0.294. The molecular weight excluding hydrogens is 450 g/mol. The van der Waals surface area contributed by atoms with E-state index in [9.17, 15) is 14.4 Å². The van der Waals surface area contributed by atoms with Gasteiger partial charge in [-0.2, -0.15) is 0 Å². The van der Waals surface area contributed by atoms with Crippen molar-refractivity contribution in [2.45, 2.75) is 26.3 Å². The van der Waals surface area contributed by atoms with E-state index in [2.05, 4.69) is 10.6 Å². The van der Waals surface area contributed by atoms with E-state index in [4.69, 9.17) is 11.6 Å². The average Bonchev–Trinajstić information content (AvgIpc) is 2.82. The molecule has 0 aliphatic heterocycles. The van der Waals surface area contributed by atoms with Crippen LogP contribution in [-0.2, 0) is 16.0 Å². The number of carbonyl (C=O) groups is 3. The molecule has 3 amide bonds. The minimum atomic E-state index is -0.843. The molecule has 0 bridgehead atoms. The summed E-state index contributed by atoms with van der Waals surface area (Å²) in [5, 5.41) is 6.20. The van der Waals surface area contributed by atoms with Crippen LogP contribution in [0, 0.1) is 13.8 Å². The molecular formula is C27H28ClN3O3. The Labute approximate surface area is 204 Å². The largest absolute Gasteiger partial charge is 0.340 e. The van der Waals surface area contributed by atoms with Crippen molar-refractivity contribution in [3.63, 3.8) is 0 Å². The number of hydrogen-bond acceptors (Lipinski definition) is 3. The minimum absolute atomic E-state index is 0.145. The van der Waals surface area contributed by atoms with Crippen LogP contribution in [0.4, 0.5) is 5.69 Å². The molecule has 1 unspecified atom stereocenters. The van der Waals surface area contributed by atoms with Crippen LogP contribution >= 0.6 is 11.6 Å². The Morgan fingerprint density at radius 1 is 0.912 bits per heavy atom. The van der Waals surface area contributed by atoms with Gasteiger partial charge in [-0.25, -0.2) is 0 Å². The number of anilines is 1. The molecule has 0 fully saturated rings. The molecule has 6 nitrogen and oxygen atoms in total. The molecule has 0 aliphatic rings. The number of carbonyl (C=O) groups excluding carboxylic acids is 3. The van der Waals surface area contributed by atoms with E-state index in [1.165, 1.54) is 4.90 Å². The third-order valence-corrected chi connectivity index (χ3v) is 5.88. The van der Waals surface area contributed by atoms with E-state index in [1.54, 1.807) is 31.3 Å².